The van der Waals surface area contributed by atoms with Crippen molar-refractivity contribution in [1.29, 1.82) is 0 Å². The lowest BCUT2D eigenvalue weighted by Crippen LogP contribution is -2.21. The number of hydrogen-bond acceptors (Lipinski definition) is 1. The van der Waals surface area contributed by atoms with Crippen LogP contribution in [0.25, 0.3) is 10.9 Å². The van der Waals surface area contributed by atoms with Crippen LogP contribution < -0.4 is 5.73 Å². The number of nitrogens with two attached hydrogens (primary N) is 1. The van der Waals surface area contributed by atoms with Crippen LogP contribution in [-0.4, -0.2) is 11.1 Å². The highest BCUT2D eigenvalue weighted by Crippen LogP contribution is 2.29. The molecule has 0 unspecified atom stereocenters. The average molecular weight is 216 g/mol. The van der Waals surface area contributed by atoms with E-state index in [1.807, 2.05) is 0 Å². The van der Waals surface area contributed by atoms with Crippen molar-refractivity contribution >= 4 is 10.9 Å². The number of rotatable bonds is 3. The van der Waals surface area contributed by atoms with Gasteiger partial charge >= 0.3 is 0 Å². The van der Waals surface area contributed by atoms with E-state index >= 15 is 0 Å². The highest BCUT2D eigenvalue weighted by Gasteiger charge is 2.19. The number of hydrogen-bond donors (Lipinski definition) is 1. The molecule has 0 saturated carbocycles. The van der Waals surface area contributed by atoms with Crippen LogP contribution in [0, 0.1) is 0 Å². The molecule has 0 saturated heterocycles. The standard InChI is InChI=1S/C14H20N2/c1-14(2,7-8-15)12-5-4-11-6-9-16(3)13(11)10-12/h4-6,9-10H,7-8,15H2,1-3H3. The molecule has 0 radical (unpaired) electrons. The van der Waals surface area contributed by atoms with Gasteiger partial charge in [-0.3, -0.25) is 0 Å². The zero-order valence-electron chi connectivity index (χ0n) is 10.3. The molecule has 1 aromatic carbocycles. The smallest absolute Gasteiger partial charge is 0.0480 e. The summed E-state index contributed by atoms with van der Waals surface area (Å²) in [6.45, 7) is 5.24. The van der Waals surface area contributed by atoms with Gasteiger partial charge in [-0.1, -0.05) is 26.0 Å². The van der Waals surface area contributed by atoms with Crippen molar-refractivity contribution in [3.63, 3.8) is 0 Å². The first-order chi connectivity index (χ1) is 7.54. The summed E-state index contributed by atoms with van der Waals surface area (Å²) in [4.78, 5) is 0. The molecular formula is C14H20N2. The molecule has 2 N–H and O–H groups in total. The minimum atomic E-state index is 0.160. The molecule has 2 heteroatoms. The summed E-state index contributed by atoms with van der Waals surface area (Å²) in [5.41, 5.74) is 8.49. The third kappa shape index (κ3) is 1.85. The van der Waals surface area contributed by atoms with Crippen LogP contribution in [-0.2, 0) is 12.5 Å². The lowest BCUT2D eigenvalue weighted by atomic mass is 9.81. The number of aromatic nitrogens is 1. The molecule has 0 aliphatic carbocycles. The van der Waals surface area contributed by atoms with Gasteiger partial charge in [0, 0.05) is 18.8 Å². The fraction of sp³-hybridized carbons (Fsp3) is 0.429. The maximum Gasteiger partial charge on any atom is 0.0480 e. The van der Waals surface area contributed by atoms with E-state index in [1.54, 1.807) is 0 Å². The van der Waals surface area contributed by atoms with Crippen molar-refractivity contribution < 1.29 is 0 Å². The van der Waals surface area contributed by atoms with E-state index in [0.717, 1.165) is 13.0 Å². The third-order valence-electron chi connectivity index (χ3n) is 3.44. The number of aryl methyl sites for hydroxylation is 1. The van der Waals surface area contributed by atoms with Crippen LogP contribution in [0.5, 0.6) is 0 Å². The second-order valence-electron chi connectivity index (χ2n) is 5.12. The first kappa shape index (κ1) is 11.2. The summed E-state index contributed by atoms with van der Waals surface area (Å²) >= 11 is 0. The molecule has 2 nitrogen and oxygen atoms in total. The molecule has 0 atom stereocenters. The van der Waals surface area contributed by atoms with Crippen molar-refractivity contribution in [2.24, 2.45) is 12.8 Å². The molecule has 2 aromatic rings. The van der Waals surface area contributed by atoms with E-state index < -0.39 is 0 Å². The Hall–Kier alpha value is -1.28. The molecular weight excluding hydrogens is 196 g/mol. The van der Waals surface area contributed by atoms with Crippen LogP contribution in [0.3, 0.4) is 0 Å². The van der Waals surface area contributed by atoms with Gasteiger partial charge in [0.1, 0.15) is 0 Å². The second-order valence-corrected chi connectivity index (χ2v) is 5.12. The molecule has 0 bridgehead atoms. The SMILES string of the molecule is Cn1ccc2ccc(C(C)(C)CCN)cc21. The Bertz CT molecular complexity index is 494. The van der Waals surface area contributed by atoms with Crippen LogP contribution >= 0.6 is 0 Å². The molecule has 16 heavy (non-hydrogen) atoms. The Kier molecular flexibility index (Phi) is 2.76. The van der Waals surface area contributed by atoms with Crippen LogP contribution in [0.2, 0.25) is 0 Å². The van der Waals surface area contributed by atoms with E-state index in [4.69, 9.17) is 5.73 Å². The van der Waals surface area contributed by atoms with Gasteiger partial charge < -0.3 is 10.3 Å². The summed E-state index contributed by atoms with van der Waals surface area (Å²) in [5.74, 6) is 0. The van der Waals surface area contributed by atoms with E-state index in [1.165, 1.54) is 16.5 Å². The molecule has 0 aliphatic rings. The van der Waals surface area contributed by atoms with Gasteiger partial charge in [0.2, 0.25) is 0 Å². The molecule has 2 rings (SSSR count). The molecule has 0 amide bonds. The van der Waals surface area contributed by atoms with Crippen molar-refractivity contribution in [2.75, 3.05) is 6.54 Å². The topological polar surface area (TPSA) is 30.9 Å². The van der Waals surface area contributed by atoms with Gasteiger partial charge in [0.15, 0.2) is 0 Å². The van der Waals surface area contributed by atoms with Crippen LogP contribution in [0.1, 0.15) is 25.8 Å². The van der Waals surface area contributed by atoms with Gasteiger partial charge in [-0.05, 0) is 41.5 Å². The summed E-state index contributed by atoms with van der Waals surface area (Å²) in [6, 6.07) is 8.85. The maximum absolute atomic E-state index is 5.67. The zero-order chi connectivity index (χ0) is 11.8. The average Bonchev–Trinajstić information content (AvgIpc) is 2.60. The monoisotopic (exact) mass is 216 g/mol. The van der Waals surface area contributed by atoms with E-state index in [-0.39, 0.29) is 5.41 Å². The zero-order valence-corrected chi connectivity index (χ0v) is 10.3. The van der Waals surface area contributed by atoms with E-state index in [9.17, 15) is 0 Å². The highest BCUT2D eigenvalue weighted by atomic mass is 14.9. The molecule has 0 spiro atoms. The van der Waals surface area contributed by atoms with Crippen LogP contribution in [0.15, 0.2) is 30.5 Å². The maximum atomic E-state index is 5.67. The fourth-order valence-electron chi connectivity index (χ4n) is 2.19. The Morgan fingerprint density at radius 3 is 2.69 bits per heavy atom. The van der Waals surface area contributed by atoms with Gasteiger partial charge in [0.05, 0.1) is 0 Å². The summed E-state index contributed by atoms with van der Waals surface area (Å²) in [6.07, 6.45) is 3.12. The molecule has 1 heterocycles. The Morgan fingerprint density at radius 1 is 1.25 bits per heavy atom. The fourth-order valence-corrected chi connectivity index (χ4v) is 2.19. The number of nitrogens with zero attached hydrogens (tertiary/aromatic N) is 1. The van der Waals surface area contributed by atoms with Crippen molar-refractivity contribution in [3.05, 3.63) is 36.0 Å². The first-order valence-electron chi connectivity index (χ1n) is 5.80. The lowest BCUT2D eigenvalue weighted by molar-refractivity contribution is 0.488. The second kappa shape index (κ2) is 3.95. The summed E-state index contributed by atoms with van der Waals surface area (Å²) < 4.78 is 2.16. The summed E-state index contributed by atoms with van der Waals surface area (Å²) in [7, 11) is 2.09. The molecule has 1 aromatic heterocycles. The van der Waals surface area contributed by atoms with Gasteiger partial charge in [-0.15, -0.1) is 0 Å². The highest BCUT2D eigenvalue weighted by molar-refractivity contribution is 5.81. The first-order valence-corrected chi connectivity index (χ1v) is 5.80. The molecule has 0 aliphatic heterocycles. The number of benzene rings is 1. The number of fused-ring (bicyclic) bond motifs is 1. The minimum Gasteiger partial charge on any atom is -0.351 e. The third-order valence-corrected chi connectivity index (χ3v) is 3.44. The van der Waals surface area contributed by atoms with Gasteiger partial charge in [0.25, 0.3) is 0 Å². The van der Waals surface area contributed by atoms with Gasteiger partial charge in [-0.2, -0.15) is 0 Å². The van der Waals surface area contributed by atoms with E-state index in [0.29, 0.717) is 0 Å². The lowest BCUT2D eigenvalue weighted by Gasteiger charge is -2.24. The van der Waals surface area contributed by atoms with Crippen molar-refractivity contribution in [3.8, 4) is 0 Å². The summed E-state index contributed by atoms with van der Waals surface area (Å²) in [5, 5.41) is 1.30. The molecule has 0 fully saturated rings. The minimum absolute atomic E-state index is 0.160. The Morgan fingerprint density at radius 2 is 2.00 bits per heavy atom. The quantitative estimate of drug-likeness (QED) is 0.840. The largest absolute Gasteiger partial charge is 0.351 e. The van der Waals surface area contributed by atoms with E-state index in [2.05, 4.69) is 55.9 Å². The predicted octanol–water partition coefficient (Wildman–Crippen LogP) is 2.80. The Balaban J connectivity index is 2.49. The van der Waals surface area contributed by atoms with Crippen molar-refractivity contribution in [1.82, 2.24) is 4.57 Å². The van der Waals surface area contributed by atoms with Crippen LogP contribution in [0.4, 0.5) is 0 Å². The normalized spacial score (nSPS) is 12.2. The Labute approximate surface area is 97.1 Å². The van der Waals surface area contributed by atoms with Gasteiger partial charge in [-0.25, -0.2) is 0 Å². The molecule has 86 valence electrons. The van der Waals surface area contributed by atoms with Crippen molar-refractivity contribution in [2.45, 2.75) is 25.7 Å². The predicted molar refractivity (Wildman–Crippen MR) is 69.6 cm³/mol.